The molecule has 0 bridgehead atoms. The van der Waals surface area contributed by atoms with Gasteiger partial charge in [0.15, 0.2) is 0 Å². The number of fused-ring (bicyclic) bond motifs is 1. The smallest absolute Gasteiger partial charge is 0.257 e. The van der Waals surface area contributed by atoms with Crippen LogP contribution >= 0.6 is 0 Å². The minimum Gasteiger partial charge on any atom is -0.491 e. The largest absolute Gasteiger partial charge is 0.491 e. The molecule has 1 aliphatic heterocycles. The van der Waals surface area contributed by atoms with Gasteiger partial charge in [0.1, 0.15) is 12.4 Å². The number of benzene rings is 3. The lowest BCUT2D eigenvalue weighted by Crippen LogP contribution is -2.46. The quantitative estimate of drug-likeness (QED) is 0.420. The van der Waals surface area contributed by atoms with Crippen molar-refractivity contribution in [1.29, 1.82) is 0 Å². The number of aryl methyl sites for hydroxylation is 1. The van der Waals surface area contributed by atoms with Crippen molar-refractivity contribution in [2.75, 3.05) is 26.2 Å². The van der Waals surface area contributed by atoms with Crippen molar-refractivity contribution in [3.63, 3.8) is 0 Å². The number of sulfonamides is 1. The third-order valence-electron chi connectivity index (χ3n) is 7.18. The van der Waals surface area contributed by atoms with E-state index >= 15 is 0 Å². The van der Waals surface area contributed by atoms with Crippen LogP contribution in [0.3, 0.4) is 0 Å². The highest BCUT2D eigenvalue weighted by molar-refractivity contribution is 7.89. The van der Waals surface area contributed by atoms with E-state index in [-0.39, 0.29) is 12.5 Å². The Morgan fingerprint density at radius 3 is 2.24 bits per heavy atom. The number of para-hydroxylation sites is 1. The molecule has 0 aromatic heterocycles. The van der Waals surface area contributed by atoms with E-state index in [0.29, 0.717) is 42.3 Å². The number of nitrogens with zero attached hydrogens (tertiary/aromatic N) is 2. The average Bonchev–Trinajstić information content (AvgIpc) is 2.93. The first-order valence-corrected chi connectivity index (χ1v) is 15.0. The van der Waals surface area contributed by atoms with Crippen LogP contribution in [0.1, 0.15) is 54.1 Å². The molecule has 6 nitrogen and oxygen atoms in total. The summed E-state index contributed by atoms with van der Waals surface area (Å²) >= 11 is 0. The van der Waals surface area contributed by atoms with Crippen molar-refractivity contribution in [3.8, 4) is 5.75 Å². The Bertz CT molecular complexity index is 1310. The van der Waals surface area contributed by atoms with E-state index < -0.39 is 16.1 Å². The zero-order valence-corrected chi connectivity index (χ0v) is 23.2. The van der Waals surface area contributed by atoms with Gasteiger partial charge in [-0.1, -0.05) is 73.5 Å². The lowest BCUT2D eigenvalue weighted by atomic mass is 10.1. The molecule has 0 N–H and O–H groups in total. The van der Waals surface area contributed by atoms with Crippen molar-refractivity contribution in [3.05, 3.63) is 95.6 Å². The number of amides is 1. The molecule has 0 aliphatic carbocycles. The fourth-order valence-electron chi connectivity index (χ4n) is 5.05. The summed E-state index contributed by atoms with van der Waals surface area (Å²) in [4.78, 5) is 15.6. The van der Waals surface area contributed by atoms with E-state index in [1.807, 2.05) is 73.3 Å². The van der Waals surface area contributed by atoms with Crippen LogP contribution in [0.5, 0.6) is 5.75 Å². The van der Waals surface area contributed by atoms with Crippen LogP contribution in [-0.4, -0.2) is 55.8 Å². The zero-order chi connectivity index (χ0) is 27.0. The molecular formula is C31H38N2O4S. The molecule has 4 rings (SSSR count). The summed E-state index contributed by atoms with van der Waals surface area (Å²) in [7, 11) is -3.79. The van der Waals surface area contributed by atoms with Crippen LogP contribution in [0.25, 0.3) is 0 Å². The predicted octanol–water partition coefficient (Wildman–Crippen LogP) is 5.71. The van der Waals surface area contributed by atoms with Crippen molar-refractivity contribution in [2.24, 2.45) is 0 Å². The third kappa shape index (κ3) is 6.63. The molecule has 38 heavy (non-hydrogen) atoms. The fourth-order valence-corrected chi connectivity index (χ4v) is 6.93. The molecular weight excluding hydrogens is 496 g/mol. The Balaban J connectivity index is 1.75. The maximum absolute atomic E-state index is 14.1. The molecule has 3 aromatic carbocycles. The van der Waals surface area contributed by atoms with Gasteiger partial charge in [-0.25, -0.2) is 8.42 Å². The SMILES string of the molecule is CCN1CCCCCCN(S(=O)(=O)c2ccccc2C)[C@H](Cc2ccccc2)COc2ccccc2C1=O. The van der Waals surface area contributed by atoms with Gasteiger partial charge in [-0.15, -0.1) is 0 Å². The summed E-state index contributed by atoms with van der Waals surface area (Å²) in [5.41, 5.74) is 2.27. The molecule has 7 heteroatoms. The van der Waals surface area contributed by atoms with E-state index in [2.05, 4.69) is 0 Å². The van der Waals surface area contributed by atoms with Crippen LogP contribution in [0.15, 0.2) is 83.8 Å². The fraction of sp³-hybridized carbons (Fsp3) is 0.387. The molecule has 1 aliphatic rings. The monoisotopic (exact) mass is 534 g/mol. The van der Waals surface area contributed by atoms with E-state index in [1.54, 1.807) is 28.6 Å². The molecule has 1 amide bonds. The highest BCUT2D eigenvalue weighted by atomic mass is 32.2. The molecule has 3 aromatic rings. The van der Waals surface area contributed by atoms with Crippen LogP contribution in [0.2, 0.25) is 0 Å². The summed E-state index contributed by atoms with van der Waals surface area (Å²) in [5.74, 6) is 0.434. The molecule has 202 valence electrons. The second-order valence-corrected chi connectivity index (χ2v) is 11.7. The number of hydrogen-bond donors (Lipinski definition) is 0. The highest BCUT2D eigenvalue weighted by Crippen LogP contribution is 2.27. The van der Waals surface area contributed by atoms with Crippen molar-refractivity contribution < 1.29 is 17.9 Å². The molecule has 1 atom stereocenters. The van der Waals surface area contributed by atoms with E-state index in [1.165, 1.54) is 0 Å². The Labute approximate surface area is 227 Å². The Morgan fingerprint density at radius 2 is 1.50 bits per heavy atom. The van der Waals surface area contributed by atoms with Gasteiger partial charge in [0.05, 0.1) is 16.5 Å². The predicted molar refractivity (Wildman–Crippen MR) is 151 cm³/mol. The Hall–Kier alpha value is -3.16. The summed E-state index contributed by atoms with van der Waals surface area (Å²) in [5, 5.41) is 0. The van der Waals surface area contributed by atoms with Gasteiger partial charge < -0.3 is 9.64 Å². The van der Waals surface area contributed by atoms with Crippen LogP contribution < -0.4 is 4.74 Å². The molecule has 0 saturated carbocycles. The number of carbonyl (C=O) groups excluding carboxylic acids is 1. The van der Waals surface area contributed by atoms with Gasteiger partial charge in [-0.05, 0) is 62.4 Å². The summed E-state index contributed by atoms with van der Waals surface area (Å²) in [6, 6.07) is 23.9. The summed E-state index contributed by atoms with van der Waals surface area (Å²) in [6.07, 6.45) is 3.95. The van der Waals surface area contributed by atoms with Crippen molar-refractivity contribution in [1.82, 2.24) is 9.21 Å². The van der Waals surface area contributed by atoms with Crippen molar-refractivity contribution >= 4 is 15.9 Å². The van der Waals surface area contributed by atoms with Crippen LogP contribution in [0, 0.1) is 6.92 Å². The topological polar surface area (TPSA) is 66.9 Å². The van der Waals surface area contributed by atoms with Gasteiger partial charge in [-0.2, -0.15) is 4.31 Å². The first-order chi connectivity index (χ1) is 18.4. The zero-order valence-electron chi connectivity index (χ0n) is 22.4. The van der Waals surface area contributed by atoms with Gasteiger partial charge in [-0.3, -0.25) is 4.79 Å². The van der Waals surface area contributed by atoms with E-state index in [9.17, 15) is 13.2 Å². The van der Waals surface area contributed by atoms with Gasteiger partial charge in [0, 0.05) is 19.6 Å². The Kier molecular flexibility index (Phi) is 9.58. The van der Waals surface area contributed by atoms with Gasteiger partial charge >= 0.3 is 0 Å². The first-order valence-electron chi connectivity index (χ1n) is 13.5. The Morgan fingerprint density at radius 1 is 0.842 bits per heavy atom. The summed E-state index contributed by atoms with van der Waals surface area (Å²) in [6.45, 7) is 5.68. The second-order valence-electron chi connectivity index (χ2n) is 9.83. The molecule has 0 fully saturated rings. The third-order valence-corrected chi connectivity index (χ3v) is 9.29. The minimum atomic E-state index is -3.79. The number of hydrogen-bond acceptors (Lipinski definition) is 4. The van der Waals surface area contributed by atoms with Gasteiger partial charge in [0.25, 0.3) is 5.91 Å². The minimum absolute atomic E-state index is 0.0517. The van der Waals surface area contributed by atoms with Gasteiger partial charge in [0.2, 0.25) is 10.0 Å². The van der Waals surface area contributed by atoms with E-state index in [4.69, 9.17) is 4.74 Å². The highest BCUT2D eigenvalue weighted by Gasteiger charge is 2.33. The summed E-state index contributed by atoms with van der Waals surface area (Å²) < 4.78 is 36.2. The van der Waals surface area contributed by atoms with Crippen molar-refractivity contribution in [2.45, 2.75) is 56.9 Å². The normalized spacial score (nSPS) is 18.3. The number of rotatable bonds is 5. The second kappa shape index (κ2) is 13.1. The number of carbonyl (C=O) groups is 1. The van der Waals surface area contributed by atoms with E-state index in [0.717, 1.165) is 36.8 Å². The molecule has 0 saturated heterocycles. The molecule has 0 spiro atoms. The van der Waals surface area contributed by atoms with Crippen LogP contribution in [0.4, 0.5) is 0 Å². The molecule has 0 unspecified atom stereocenters. The molecule has 0 radical (unpaired) electrons. The maximum Gasteiger partial charge on any atom is 0.257 e. The molecule has 1 heterocycles. The lowest BCUT2D eigenvalue weighted by molar-refractivity contribution is 0.0754. The standard InChI is InChI=1S/C31H38N2O4S/c1-3-32-21-13-4-5-14-22-33(38(35,36)30-20-12-9-15-25(30)2)27(23-26-16-7-6-8-17-26)24-37-29-19-11-10-18-28(29)31(32)34/h6-12,15-20,27H,3-5,13-14,21-24H2,1-2H3/t27-/m1/s1. The van der Waals surface area contributed by atoms with Crippen LogP contribution in [-0.2, 0) is 16.4 Å². The maximum atomic E-state index is 14.1. The number of ether oxygens (including phenoxy) is 1. The lowest BCUT2D eigenvalue weighted by Gasteiger charge is -2.32. The first kappa shape index (κ1) is 27.9. The average molecular weight is 535 g/mol.